The highest BCUT2D eigenvalue weighted by molar-refractivity contribution is 5.82. The SMILES string of the molecule is CCOC(=O)CCc1ccc2nc(-c3cccc(O)c3)ccc2c1. The van der Waals surface area contributed by atoms with Crippen LogP contribution in [0.15, 0.2) is 54.6 Å². The molecule has 4 heteroatoms. The van der Waals surface area contributed by atoms with Crippen LogP contribution in [0.2, 0.25) is 0 Å². The molecule has 3 rings (SSSR count). The van der Waals surface area contributed by atoms with Crippen LogP contribution >= 0.6 is 0 Å². The molecule has 1 aromatic heterocycles. The second kappa shape index (κ2) is 7.13. The van der Waals surface area contributed by atoms with Crippen LogP contribution in [-0.4, -0.2) is 22.7 Å². The summed E-state index contributed by atoms with van der Waals surface area (Å²) in [4.78, 5) is 16.1. The van der Waals surface area contributed by atoms with Crippen molar-refractivity contribution in [1.29, 1.82) is 0 Å². The van der Waals surface area contributed by atoms with E-state index in [2.05, 4.69) is 4.98 Å². The number of pyridine rings is 1. The minimum Gasteiger partial charge on any atom is -0.508 e. The number of rotatable bonds is 5. The average Bonchev–Trinajstić information content (AvgIpc) is 2.59. The number of carbonyl (C=O) groups excluding carboxylic acids is 1. The van der Waals surface area contributed by atoms with Crippen molar-refractivity contribution in [3.8, 4) is 17.0 Å². The third-order valence-corrected chi connectivity index (χ3v) is 3.82. The van der Waals surface area contributed by atoms with Crippen molar-refractivity contribution in [2.75, 3.05) is 6.61 Å². The Balaban J connectivity index is 1.82. The Labute approximate surface area is 140 Å². The number of nitrogens with zero attached hydrogens (tertiary/aromatic N) is 1. The largest absolute Gasteiger partial charge is 0.508 e. The van der Waals surface area contributed by atoms with Gasteiger partial charge in [-0.3, -0.25) is 4.79 Å². The molecule has 0 spiro atoms. The lowest BCUT2D eigenvalue weighted by Crippen LogP contribution is -2.05. The number of fused-ring (bicyclic) bond motifs is 1. The van der Waals surface area contributed by atoms with Crippen molar-refractivity contribution in [3.05, 3.63) is 60.2 Å². The average molecular weight is 321 g/mol. The van der Waals surface area contributed by atoms with Crippen molar-refractivity contribution in [2.24, 2.45) is 0 Å². The lowest BCUT2D eigenvalue weighted by Gasteiger charge is -2.06. The van der Waals surface area contributed by atoms with Gasteiger partial charge in [0.15, 0.2) is 0 Å². The molecule has 3 aromatic rings. The maximum atomic E-state index is 11.5. The standard InChI is InChI=1S/C20H19NO3/c1-2-24-20(23)11-7-14-6-9-18-16(12-14)8-10-19(21-18)15-4-3-5-17(22)13-15/h3-6,8-10,12-13,22H,2,7,11H2,1H3. The number of hydrogen-bond donors (Lipinski definition) is 1. The van der Waals surface area contributed by atoms with Gasteiger partial charge in [0.2, 0.25) is 0 Å². The number of benzene rings is 2. The van der Waals surface area contributed by atoms with Crippen LogP contribution in [0.3, 0.4) is 0 Å². The van der Waals surface area contributed by atoms with Gasteiger partial charge in [-0.15, -0.1) is 0 Å². The molecular formula is C20H19NO3. The van der Waals surface area contributed by atoms with E-state index < -0.39 is 0 Å². The molecule has 0 unspecified atom stereocenters. The van der Waals surface area contributed by atoms with Gasteiger partial charge in [-0.05, 0) is 49.2 Å². The van der Waals surface area contributed by atoms with Crippen LogP contribution in [0.4, 0.5) is 0 Å². The van der Waals surface area contributed by atoms with Gasteiger partial charge in [-0.1, -0.05) is 24.3 Å². The van der Waals surface area contributed by atoms with E-state index >= 15 is 0 Å². The van der Waals surface area contributed by atoms with E-state index in [0.29, 0.717) is 19.4 Å². The van der Waals surface area contributed by atoms with E-state index in [1.165, 1.54) is 0 Å². The molecule has 24 heavy (non-hydrogen) atoms. The van der Waals surface area contributed by atoms with Crippen LogP contribution in [0, 0.1) is 0 Å². The lowest BCUT2D eigenvalue weighted by molar-refractivity contribution is -0.143. The van der Waals surface area contributed by atoms with E-state index in [4.69, 9.17) is 4.74 Å². The third kappa shape index (κ3) is 3.71. The minimum absolute atomic E-state index is 0.171. The summed E-state index contributed by atoms with van der Waals surface area (Å²) in [7, 11) is 0. The summed E-state index contributed by atoms with van der Waals surface area (Å²) in [5.74, 6) is 0.0543. The number of aryl methyl sites for hydroxylation is 1. The van der Waals surface area contributed by atoms with Gasteiger partial charge >= 0.3 is 5.97 Å². The van der Waals surface area contributed by atoms with E-state index in [9.17, 15) is 9.90 Å². The first-order valence-corrected chi connectivity index (χ1v) is 8.00. The summed E-state index contributed by atoms with van der Waals surface area (Å²) in [6.07, 6.45) is 1.04. The minimum atomic E-state index is -0.171. The maximum absolute atomic E-state index is 11.5. The molecule has 0 saturated heterocycles. The molecule has 122 valence electrons. The molecule has 0 fully saturated rings. The predicted octanol–water partition coefficient (Wildman–Crippen LogP) is 4.10. The molecule has 1 N–H and O–H groups in total. The first kappa shape index (κ1) is 16.0. The summed E-state index contributed by atoms with van der Waals surface area (Å²) >= 11 is 0. The zero-order valence-electron chi connectivity index (χ0n) is 13.5. The molecule has 0 aliphatic rings. The summed E-state index contributed by atoms with van der Waals surface area (Å²) in [5.41, 5.74) is 3.67. The van der Waals surface area contributed by atoms with Crippen LogP contribution in [-0.2, 0) is 16.0 Å². The Morgan fingerprint density at radius 2 is 2.00 bits per heavy atom. The van der Waals surface area contributed by atoms with E-state index in [-0.39, 0.29) is 11.7 Å². The van der Waals surface area contributed by atoms with Crippen molar-refractivity contribution >= 4 is 16.9 Å². The Kier molecular flexibility index (Phi) is 4.75. The summed E-state index contributed by atoms with van der Waals surface area (Å²) in [6, 6.07) is 17.0. The highest BCUT2D eigenvalue weighted by Gasteiger charge is 2.06. The number of phenolic OH excluding ortho intramolecular Hbond substituents is 1. The Morgan fingerprint density at radius 1 is 1.12 bits per heavy atom. The monoisotopic (exact) mass is 321 g/mol. The van der Waals surface area contributed by atoms with Crippen LogP contribution < -0.4 is 0 Å². The summed E-state index contributed by atoms with van der Waals surface area (Å²) < 4.78 is 4.95. The summed E-state index contributed by atoms with van der Waals surface area (Å²) in [5, 5.41) is 10.6. The van der Waals surface area contributed by atoms with Crippen molar-refractivity contribution < 1.29 is 14.6 Å². The first-order chi connectivity index (χ1) is 11.7. The molecule has 0 bridgehead atoms. The van der Waals surface area contributed by atoms with Crippen LogP contribution in [0.5, 0.6) is 5.75 Å². The van der Waals surface area contributed by atoms with Crippen LogP contribution in [0.1, 0.15) is 18.9 Å². The molecule has 0 saturated carbocycles. The molecule has 1 heterocycles. The second-order valence-corrected chi connectivity index (χ2v) is 5.58. The highest BCUT2D eigenvalue weighted by atomic mass is 16.5. The van der Waals surface area contributed by atoms with Gasteiger partial charge in [-0.25, -0.2) is 4.98 Å². The van der Waals surface area contributed by atoms with E-state index in [0.717, 1.165) is 27.7 Å². The lowest BCUT2D eigenvalue weighted by atomic mass is 10.0. The normalized spacial score (nSPS) is 10.7. The first-order valence-electron chi connectivity index (χ1n) is 8.00. The number of aromatic nitrogens is 1. The number of aromatic hydroxyl groups is 1. The highest BCUT2D eigenvalue weighted by Crippen LogP contribution is 2.24. The van der Waals surface area contributed by atoms with Crippen LogP contribution in [0.25, 0.3) is 22.2 Å². The zero-order valence-corrected chi connectivity index (χ0v) is 13.5. The summed E-state index contributed by atoms with van der Waals surface area (Å²) in [6.45, 7) is 2.22. The Hall–Kier alpha value is -2.88. The fourth-order valence-electron chi connectivity index (χ4n) is 2.64. The quantitative estimate of drug-likeness (QED) is 0.719. The maximum Gasteiger partial charge on any atom is 0.306 e. The predicted molar refractivity (Wildman–Crippen MR) is 93.8 cm³/mol. The number of hydrogen-bond acceptors (Lipinski definition) is 4. The topological polar surface area (TPSA) is 59.4 Å². The number of phenols is 1. The Morgan fingerprint density at radius 3 is 2.79 bits per heavy atom. The fourth-order valence-corrected chi connectivity index (χ4v) is 2.64. The second-order valence-electron chi connectivity index (χ2n) is 5.58. The van der Waals surface area contributed by atoms with Gasteiger partial charge in [0.05, 0.1) is 17.8 Å². The number of carbonyl (C=O) groups is 1. The van der Waals surface area contributed by atoms with E-state index in [1.807, 2.05) is 43.3 Å². The molecule has 4 nitrogen and oxygen atoms in total. The number of esters is 1. The van der Waals surface area contributed by atoms with Gasteiger partial charge < -0.3 is 9.84 Å². The van der Waals surface area contributed by atoms with Crippen molar-refractivity contribution in [1.82, 2.24) is 4.98 Å². The van der Waals surface area contributed by atoms with Crippen molar-refractivity contribution in [2.45, 2.75) is 19.8 Å². The van der Waals surface area contributed by atoms with Crippen molar-refractivity contribution in [3.63, 3.8) is 0 Å². The smallest absolute Gasteiger partial charge is 0.306 e. The van der Waals surface area contributed by atoms with Gasteiger partial charge in [0, 0.05) is 17.4 Å². The third-order valence-electron chi connectivity index (χ3n) is 3.82. The molecule has 0 atom stereocenters. The molecule has 0 aliphatic heterocycles. The molecule has 0 radical (unpaired) electrons. The molecular weight excluding hydrogens is 302 g/mol. The van der Waals surface area contributed by atoms with E-state index in [1.54, 1.807) is 18.2 Å². The van der Waals surface area contributed by atoms with Gasteiger partial charge in [-0.2, -0.15) is 0 Å². The molecule has 0 aliphatic carbocycles. The van der Waals surface area contributed by atoms with Gasteiger partial charge in [0.1, 0.15) is 5.75 Å². The fraction of sp³-hybridized carbons (Fsp3) is 0.200. The zero-order chi connectivity index (χ0) is 16.9. The molecule has 0 amide bonds. The number of ether oxygens (including phenoxy) is 1. The van der Waals surface area contributed by atoms with Gasteiger partial charge in [0.25, 0.3) is 0 Å². The molecule has 2 aromatic carbocycles. The Bertz CT molecular complexity index is 874.